The number of nitrogens with zero attached hydrogens (tertiary/aromatic N) is 1. The van der Waals surface area contributed by atoms with E-state index in [1.165, 1.54) is 11.7 Å². The number of fused-ring (bicyclic) bond motifs is 1. The van der Waals surface area contributed by atoms with Crippen LogP contribution in [0.25, 0.3) is 17.5 Å². The molecule has 1 aromatic heterocycles. The van der Waals surface area contributed by atoms with Crippen LogP contribution in [-0.4, -0.2) is 43.9 Å². The summed E-state index contributed by atoms with van der Waals surface area (Å²) in [6.45, 7) is 3.52. The molecular formula is C28H28N2O7S. The predicted molar refractivity (Wildman–Crippen MR) is 144 cm³/mol. The van der Waals surface area contributed by atoms with Gasteiger partial charge in [-0.3, -0.25) is 9.36 Å². The number of hydrogen-bond donors (Lipinski definition) is 1. The van der Waals surface area contributed by atoms with Crippen molar-refractivity contribution in [2.75, 3.05) is 27.4 Å². The molecule has 0 amide bonds. The third-order valence-corrected chi connectivity index (χ3v) is 7.07. The van der Waals surface area contributed by atoms with E-state index in [1.807, 2.05) is 6.07 Å². The molecule has 2 aromatic carbocycles. The highest BCUT2D eigenvalue weighted by molar-refractivity contribution is 7.07. The highest BCUT2D eigenvalue weighted by Crippen LogP contribution is 2.38. The zero-order valence-corrected chi connectivity index (χ0v) is 22.3. The average molecular weight is 537 g/mol. The van der Waals surface area contributed by atoms with Crippen LogP contribution in [0.2, 0.25) is 0 Å². The highest BCUT2D eigenvalue weighted by atomic mass is 32.1. The number of methoxy groups -OCH3 is 2. The smallest absolute Gasteiger partial charge is 0.338 e. The van der Waals surface area contributed by atoms with Crippen LogP contribution in [0.5, 0.6) is 11.5 Å². The second-order valence-corrected chi connectivity index (χ2v) is 9.23. The highest BCUT2D eigenvalue weighted by Gasteiger charge is 2.40. The van der Waals surface area contributed by atoms with Crippen molar-refractivity contribution >= 4 is 40.7 Å². The number of rotatable bonds is 8. The number of aromatic nitrogens is 1. The minimum absolute atomic E-state index is 0.0245. The van der Waals surface area contributed by atoms with Gasteiger partial charge in [0.1, 0.15) is 22.0 Å². The fraction of sp³-hybridized carbons (Fsp3) is 0.250. The zero-order valence-electron chi connectivity index (χ0n) is 21.5. The molecule has 0 bridgehead atoms. The Morgan fingerprint density at radius 1 is 0.947 bits per heavy atom. The van der Waals surface area contributed by atoms with Gasteiger partial charge in [0.25, 0.3) is 5.56 Å². The Balaban J connectivity index is 2.11. The van der Waals surface area contributed by atoms with E-state index in [0.717, 1.165) is 16.9 Å². The lowest BCUT2D eigenvalue weighted by Crippen LogP contribution is -2.42. The summed E-state index contributed by atoms with van der Waals surface area (Å²) in [4.78, 5) is 40.4. The lowest BCUT2D eigenvalue weighted by molar-refractivity contribution is -0.138. The minimum atomic E-state index is -0.953. The zero-order chi connectivity index (χ0) is 27.4. The molecule has 9 nitrogen and oxygen atoms in total. The number of carbonyl (C=O) groups excluding carboxylic acids is 2. The number of hydrogen-bond acceptors (Lipinski definition) is 9. The SMILES string of the molecule is CCOC(=O)C1=C(N)n2c(s/c(=C\c3cccc(OC)c3)c2=O)=C(C(=O)OCC)[C@H]1c1cccc(OC)c1. The molecule has 1 aliphatic heterocycles. The van der Waals surface area contributed by atoms with Gasteiger partial charge < -0.3 is 24.7 Å². The Bertz CT molecular complexity index is 1600. The van der Waals surface area contributed by atoms with Crippen LogP contribution in [0.4, 0.5) is 0 Å². The Labute approximate surface area is 223 Å². The van der Waals surface area contributed by atoms with Crippen LogP contribution >= 0.6 is 11.3 Å². The largest absolute Gasteiger partial charge is 0.497 e. The van der Waals surface area contributed by atoms with Crippen LogP contribution in [0.15, 0.2) is 58.9 Å². The van der Waals surface area contributed by atoms with Crippen LogP contribution in [0.1, 0.15) is 30.9 Å². The van der Waals surface area contributed by atoms with Crippen LogP contribution in [0, 0.1) is 0 Å². The summed E-state index contributed by atoms with van der Waals surface area (Å²) in [5.41, 5.74) is 7.42. The van der Waals surface area contributed by atoms with Gasteiger partial charge in [0, 0.05) is 0 Å². The number of benzene rings is 2. The first-order chi connectivity index (χ1) is 18.3. The van der Waals surface area contributed by atoms with Crippen LogP contribution in [0.3, 0.4) is 0 Å². The fourth-order valence-corrected chi connectivity index (χ4v) is 5.47. The summed E-state index contributed by atoms with van der Waals surface area (Å²) in [5, 5.41) is 0. The van der Waals surface area contributed by atoms with Gasteiger partial charge in [-0.15, -0.1) is 11.3 Å². The molecule has 2 N–H and O–H groups in total. The maximum absolute atomic E-state index is 13.6. The number of thiazole rings is 1. The van der Waals surface area contributed by atoms with E-state index in [4.69, 9.17) is 24.7 Å². The third kappa shape index (κ3) is 4.95. The molecule has 0 unspecified atom stereocenters. The lowest BCUT2D eigenvalue weighted by atomic mass is 9.83. The van der Waals surface area contributed by atoms with Gasteiger partial charge in [0.05, 0.1) is 49.0 Å². The van der Waals surface area contributed by atoms with Crippen molar-refractivity contribution in [2.24, 2.45) is 5.73 Å². The standard InChI is InChI=1S/C28H28N2O7S/c1-5-36-27(32)22-21(17-10-8-12-19(15-17)35-4)23(28(33)37-6-2)26-30(24(22)29)25(31)20(38-26)14-16-9-7-11-18(13-16)34-3/h7-15,21H,5-6,29H2,1-4H3/b20-14-/t21-/m0/s1. The summed E-state index contributed by atoms with van der Waals surface area (Å²) >= 11 is 1.09. The summed E-state index contributed by atoms with van der Waals surface area (Å²) in [5.74, 6) is -1.31. The van der Waals surface area contributed by atoms with Gasteiger partial charge in [0.15, 0.2) is 0 Å². The first-order valence-electron chi connectivity index (χ1n) is 11.9. The first kappa shape index (κ1) is 26.7. The Kier molecular flexibility index (Phi) is 8.02. The van der Waals surface area contributed by atoms with Crippen molar-refractivity contribution in [2.45, 2.75) is 19.8 Å². The fourth-order valence-electron chi connectivity index (χ4n) is 4.30. The van der Waals surface area contributed by atoms with Gasteiger partial charge in [0.2, 0.25) is 0 Å². The number of ether oxygens (including phenoxy) is 4. The van der Waals surface area contributed by atoms with Crippen LogP contribution < -0.4 is 30.0 Å². The quantitative estimate of drug-likeness (QED) is 0.434. The summed E-state index contributed by atoms with van der Waals surface area (Å²) in [6, 6.07) is 14.2. The molecule has 38 heavy (non-hydrogen) atoms. The average Bonchev–Trinajstić information content (AvgIpc) is 3.24. The summed E-state index contributed by atoms with van der Waals surface area (Å²) in [6.07, 6.45) is 1.68. The Morgan fingerprint density at radius 2 is 1.55 bits per heavy atom. The molecule has 2 heterocycles. The Morgan fingerprint density at radius 3 is 2.18 bits per heavy atom. The predicted octanol–water partition coefficient (Wildman–Crippen LogP) is 1.96. The van der Waals surface area contributed by atoms with E-state index in [2.05, 4.69) is 0 Å². The van der Waals surface area contributed by atoms with Crippen molar-refractivity contribution in [3.8, 4) is 11.5 Å². The first-order valence-corrected chi connectivity index (χ1v) is 12.8. The van der Waals surface area contributed by atoms with E-state index in [9.17, 15) is 14.4 Å². The molecule has 1 atom stereocenters. The van der Waals surface area contributed by atoms with Gasteiger partial charge in [-0.2, -0.15) is 0 Å². The molecule has 10 heteroatoms. The molecule has 0 radical (unpaired) electrons. The maximum atomic E-state index is 13.6. The number of carbonyl (C=O) groups is 2. The van der Waals surface area contributed by atoms with Crippen molar-refractivity contribution in [3.63, 3.8) is 0 Å². The topological polar surface area (TPSA) is 119 Å². The molecule has 0 fully saturated rings. The summed E-state index contributed by atoms with van der Waals surface area (Å²) < 4.78 is 23.2. The molecule has 0 spiro atoms. The monoisotopic (exact) mass is 536 g/mol. The maximum Gasteiger partial charge on any atom is 0.338 e. The molecule has 0 saturated carbocycles. The number of esters is 2. The Hall–Kier alpha value is -4.31. The third-order valence-electron chi connectivity index (χ3n) is 5.96. The molecule has 3 aromatic rings. The van der Waals surface area contributed by atoms with Crippen molar-refractivity contribution in [1.82, 2.24) is 4.57 Å². The summed E-state index contributed by atoms with van der Waals surface area (Å²) in [7, 11) is 3.07. The van der Waals surface area contributed by atoms with Gasteiger partial charge >= 0.3 is 11.9 Å². The van der Waals surface area contributed by atoms with Crippen molar-refractivity contribution < 1.29 is 28.5 Å². The molecule has 198 valence electrons. The lowest BCUT2D eigenvalue weighted by Gasteiger charge is -2.27. The normalized spacial score (nSPS) is 15.2. The van der Waals surface area contributed by atoms with Gasteiger partial charge in [-0.1, -0.05) is 24.3 Å². The van der Waals surface area contributed by atoms with E-state index in [0.29, 0.717) is 21.6 Å². The second-order valence-electron chi connectivity index (χ2n) is 8.20. The number of nitrogens with two attached hydrogens (primary N) is 1. The molecule has 0 saturated heterocycles. The van der Waals surface area contributed by atoms with E-state index >= 15 is 0 Å². The molecule has 1 aliphatic rings. The van der Waals surface area contributed by atoms with Gasteiger partial charge in [-0.25, -0.2) is 9.59 Å². The minimum Gasteiger partial charge on any atom is -0.497 e. The van der Waals surface area contributed by atoms with Crippen molar-refractivity contribution in [1.29, 1.82) is 0 Å². The van der Waals surface area contributed by atoms with Gasteiger partial charge in [-0.05, 0) is 55.3 Å². The second kappa shape index (κ2) is 11.4. The molecular weight excluding hydrogens is 508 g/mol. The van der Waals surface area contributed by atoms with Crippen molar-refractivity contribution in [3.05, 3.63) is 84.8 Å². The van der Waals surface area contributed by atoms with E-state index in [-0.39, 0.29) is 34.8 Å². The van der Waals surface area contributed by atoms with E-state index in [1.54, 1.807) is 69.5 Å². The van der Waals surface area contributed by atoms with Crippen LogP contribution in [-0.2, 0) is 19.1 Å². The molecule has 0 aliphatic carbocycles. The molecule has 4 rings (SSSR count). The van der Waals surface area contributed by atoms with E-state index < -0.39 is 23.4 Å².